The van der Waals surface area contributed by atoms with Crippen LogP contribution in [0.5, 0.6) is 0 Å². The first kappa shape index (κ1) is 12.4. The lowest BCUT2D eigenvalue weighted by molar-refractivity contribution is 0.693. The van der Waals surface area contributed by atoms with Gasteiger partial charge in [-0.05, 0) is 35.4 Å². The summed E-state index contributed by atoms with van der Waals surface area (Å²) in [6, 6.07) is 15.7. The van der Waals surface area contributed by atoms with Gasteiger partial charge in [-0.3, -0.25) is 0 Å². The first-order chi connectivity index (χ1) is 8.24. The van der Waals surface area contributed by atoms with Crippen LogP contribution in [0, 0.1) is 0 Å². The van der Waals surface area contributed by atoms with Crippen LogP contribution in [0.15, 0.2) is 48.5 Å². The molecule has 0 aromatic heterocycles. The average molecular weight is 266 g/mol. The van der Waals surface area contributed by atoms with Gasteiger partial charge in [0.1, 0.15) is 0 Å². The molecule has 0 saturated heterocycles. The molecule has 0 radical (unpaired) electrons. The van der Waals surface area contributed by atoms with Gasteiger partial charge in [-0.2, -0.15) is 0 Å². The minimum Gasteiger partial charge on any atom is -0.309 e. The Kier molecular flexibility index (Phi) is 4.43. The third kappa shape index (κ3) is 4.04. The lowest BCUT2D eigenvalue weighted by Crippen LogP contribution is -2.12. The summed E-state index contributed by atoms with van der Waals surface area (Å²) >= 11 is 11.8. The van der Waals surface area contributed by atoms with E-state index in [1.165, 1.54) is 11.1 Å². The Bertz CT molecular complexity index is 452. The summed E-state index contributed by atoms with van der Waals surface area (Å²) in [5, 5.41) is 4.90. The summed E-state index contributed by atoms with van der Waals surface area (Å²) in [5.74, 6) is 0. The van der Waals surface area contributed by atoms with Crippen molar-refractivity contribution in [2.45, 2.75) is 13.1 Å². The van der Waals surface area contributed by atoms with E-state index in [0.29, 0.717) is 0 Å². The van der Waals surface area contributed by atoms with Crippen LogP contribution < -0.4 is 5.32 Å². The Morgan fingerprint density at radius 2 is 1.24 bits per heavy atom. The predicted octanol–water partition coefficient (Wildman–Crippen LogP) is 4.28. The Morgan fingerprint density at radius 3 is 1.65 bits per heavy atom. The van der Waals surface area contributed by atoms with Crippen LogP contribution >= 0.6 is 23.2 Å². The minimum absolute atomic E-state index is 0.770. The third-order valence-corrected chi connectivity index (χ3v) is 2.91. The van der Waals surface area contributed by atoms with Gasteiger partial charge < -0.3 is 5.32 Å². The van der Waals surface area contributed by atoms with Gasteiger partial charge in [0.25, 0.3) is 0 Å². The molecule has 2 aromatic rings. The molecule has 2 rings (SSSR count). The van der Waals surface area contributed by atoms with Crippen LogP contribution in [-0.4, -0.2) is 0 Å². The highest BCUT2D eigenvalue weighted by molar-refractivity contribution is 6.30. The molecule has 0 saturated carbocycles. The average Bonchev–Trinajstić information content (AvgIpc) is 2.29. The molecule has 0 fully saturated rings. The van der Waals surface area contributed by atoms with E-state index in [1.807, 2.05) is 36.4 Å². The fourth-order valence-electron chi connectivity index (χ4n) is 1.65. The molecule has 0 unspecified atom stereocenters. The summed E-state index contributed by atoms with van der Waals surface area (Å²) in [5.41, 5.74) is 2.36. The zero-order valence-electron chi connectivity index (χ0n) is 9.29. The van der Waals surface area contributed by atoms with Crippen LogP contribution in [0.3, 0.4) is 0 Å². The molecular weight excluding hydrogens is 253 g/mol. The van der Waals surface area contributed by atoms with Gasteiger partial charge in [0.2, 0.25) is 0 Å². The Morgan fingerprint density at radius 1 is 0.765 bits per heavy atom. The Labute approximate surface area is 111 Å². The van der Waals surface area contributed by atoms with Crippen molar-refractivity contribution in [3.63, 3.8) is 0 Å². The third-order valence-electron chi connectivity index (χ3n) is 2.44. The van der Waals surface area contributed by atoms with Crippen molar-refractivity contribution >= 4 is 23.2 Å². The normalized spacial score (nSPS) is 10.5. The van der Waals surface area contributed by atoms with Crippen LogP contribution in [0.4, 0.5) is 0 Å². The first-order valence-corrected chi connectivity index (χ1v) is 6.19. The molecule has 17 heavy (non-hydrogen) atoms. The van der Waals surface area contributed by atoms with Crippen molar-refractivity contribution in [1.29, 1.82) is 0 Å². The van der Waals surface area contributed by atoms with E-state index in [9.17, 15) is 0 Å². The monoisotopic (exact) mass is 265 g/mol. The van der Waals surface area contributed by atoms with E-state index < -0.39 is 0 Å². The first-order valence-electron chi connectivity index (χ1n) is 5.43. The van der Waals surface area contributed by atoms with E-state index in [2.05, 4.69) is 17.4 Å². The van der Waals surface area contributed by atoms with Gasteiger partial charge in [0, 0.05) is 23.1 Å². The molecular formula is C14H13Cl2N. The van der Waals surface area contributed by atoms with E-state index in [0.717, 1.165) is 23.1 Å². The second-order valence-electron chi connectivity index (χ2n) is 3.86. The maximum absolute atomic E-state index is 5.92. The highest BCUT2D eigenvalue weighted by atomic mass is 35.5. The van der Waals surface area contributed by atoms with Crippen LogP contribution in [0.1, 0.15) is 11.1 Å². The van der Waals surface area contributed by atoms with Crippen LogP contribution in [-0.2, 0) is 13.1 Å². The van der Waals surface area contributed by atoms with Gasteiger partial charge >= 0.3 is 0 Å². The molecule has 0 atom stereocenters. The standard InChI is InChI=1S/C14H13Cl2N/c15-13-5-1-3-11(7-13)9-17-10-12-4-2-6-14(16)8-12/h1-8,17H,9-10H2. The van der Waals surface area contributed by atoms with Crippen molar-refractivity contribution in [2.24, 2.45) is 0 Å². The van der Waals surface area contributed by atoms with Crippen LogP contribution in [0.25, 0.3) is 0 Å². The smallest absolute Gasteiger partial charge is 0.0409 e. The van der Waals surface area contributed by atoms with Crippen molar-refractivity contribution in [1.82, 2.24) is 5.32 Å². The number of hydrogen-bond donors (Lipinski definition) is 1. The van der Waals surface area contributed by atoms with Crippen molar-refractivity contribution in [3.8, 4) is 0 Å². The summed E-state index contributed by atoms with van der Waals surface area (Å²) in [4.78, 5) is 0. The van der Waals surface area contributed by atoms with Gasteiger partial charge in [-0.1, -0.05) is 47.5 Å². The molecule has 2 aromatic carbocycles. The number of rotatable bonds is 4. The number of nitrogens with one attached hydrogen (secondary N) is 1. The maximum Gasteiger partial charge on any atom is 0.0409 e. The fraction of sp³-hybridized carbons (Fsp3) is 0.143. The largest absolute Gasteiger partial charge is 0.309 e. The summed E-state index contributed by atoms with van der Waals surface area (Å²) in [7, 11) is 0. The zero-order valence-corrected chi connectivity index (χ0v) is 10.8. The highest BCUT2D eigenvalue weighted by Gasteiger charge is 1.96. The molecule has 0 bridgehead atoms. The van der Waals surface area contributed by atoms with E-state index in [1.54, 1.807) is 0 Å². The number of hydrogen-bond acceptors (Lipinski definition) is 1. The minimum atomic E-state index is 0.770. The summed E-state index contributed by atoms with van der Waals surface area (Å²) < 4.78 is 0. The second-order valence-corrected chi connectivity index (χ2v) is 4.74. The lowest BCUT2D eigenvalue weighted by atomic mass is 10.2. The SMILES string of the molecule is Clc1cccc(CNCc2cccc(Cl)c2)c1. The quantitative estimate of drug-likeness (QED) is 0.870. The molecule has 0 amide bonds. The van der Waals surface area contributed by atoms with Gasteiger partial charge in [0.05, 0.1) is 0 Å². The molecule has 1 nitrogen and oxygen atoms in total. The number of benzene rings is 2. The maximum atomic E-state index is 5.92. The second kappa shape index (κ2) is 6.06. The van der Waals surface area contributed by atoms with Gasteiger partial charge in [-0.15, -0.1) is 0 Å². The van der Waals surface area contributed by atoms with Crippen molar-refractivity contribution in [3.05, 3.63) is 69.7 Å². The Hall–Kier alpha value is -1.02. The van der Waals surface area contributed by atoms with E-state index in [4.69, 9.17) is 23.2 Å². The van der Waals surface area contributed by atoms with E-state index in [-0.39, 0.29) is 0 Å². The summed E-state index contributed by atoms with van der Waals surface area (Å²) in [6.07, 6.45) is 0. The molecule has 0 aliphatic heterocycles. The lowest BCUT2D eigenvalue weighted by Gasteiger charge is -2.05. The molecule has 0 aliphatic rings. The van der Waals surface area contributed by atoms with Crippen molar-refractivity contribution < 1.29 is 0 Å². The zero-order chi connectivity index (χ0) is 12.1. The number of halogens is 2. The molecule has 0 aliphatic carbocycles. The molecule has 0 spiro atoms. The molecule has 88 valence electrons. The Balaban J connectivity index is 1.87. The van der Waals surface area contributed by atoms with E-state index >= 15 is 0 Å². The van der Waals surface area contributed by atoms with Gasteiger partial charge in [-0.25, -0.2) is 0 Å². The van der Waals surface area contributed by atoms with Crippen molar-refractivity contribution in [2.75, 3.05) is 0 Å². The predicted molar refractivity (Wildman–Crippen MR) is 73.4 cm³/mol. The summed E-state index contributed by atoms with van der Waals surface area (Å²) in [6.45, 7) is 1.60. The van der Waals surface area contributed by atoms with Gasteiger partial charge in [0.15, 0.2) is 0 Å². The van der Waals surface area contributed by atoms with Crippen LogP contribution in [0.2, 0.25) is 10.0 Å². The fourth-order valence-corrected chi connectivity index (χ4v) is 2.07. The topological polar surface area (TPSA) is 12.0 Å². The molecule has 0 heterocycles. The molecule has 3 heteroatoms. The highest BCUT2D eigenvalue weighted by Crippen LogP contribution is 2.12. The molecule has 1 N–H and O–H groups in total.